The molecule has 0 spiro atoms. The van der Waals surface area contributed by atoms with Gasteiger partial charge in [0.1, 0.15) is 5.82 Å². The van der Waals surface area contributed by atoms with Gasteiger partial charge >= 0.3 is 0 Å². The van der Waals surface area contributed by atoms with Gasteiger partial charge in [-0.3, -0.25) is 4.68 Å². The normalized spacial score (nSPS) is 10.8. The van der Waals surface area contributed by atoms with Crippen molar-refractivity contribution in [2.45, 2.75) is 13.5 Å². The smallest absolute Gasteiger partial charge is 0.123 e. The summed E-state index contributed by atoms with van der Waals surface area (Å²) in [5.74, 6) is -0.231. The summed E-state index contributed by atoms with van der Waals surface area (Å²) >= 11 is 0. The van der Waals surface area contributed by atoms with Crippen molar-refractivity contribution in [3.8, 4) is 11.3 Å². The number of hydrogen-bond acceptors (Lipinski definition) is 2. The fourth-order valence-electron chi connectivity index (χ4n) is 1.76. The molecule has 0 bridgehead atoms. The fourth-order valence-corrected chi connectivity index (χ4v) is 1.76. The van der Waals surface area contributed by atoms with Crippen molar-refractivity contribution in [1.82, 2.24) is 15.1 Å². The maximum Gasteiger partial charge on any atom is 0.123 e. The molecule has 0 atom stereocenters. The van der Waals surface area contributed by atoms with Gasteiger partial charge < -0.3 is 5.32 Å². The maximum absolute atomic E-state index is 13.3. The van der Waals surface area contributed by atoms with Crippen LogP contribution in [-0.2, 0) is 13.6 Å². The molecule has 90 valence electrons. The van der Waals surface area contributed by atoms with Gasteiger partial charge in [-0.2, -0.15) is 5.10 Å². The number of nitrogens with one attached hydrogen (secondary N) is 1. The monoisotopic (exact) mass is 233 g/mol. The van der Waals surface area contributed by atoms with Crippen LogP contribution < -0.4 is 5.32 Å². The third kappa shape index (κ3) is 2.71. The van der Waals surface area contributed by atoms with Crippen LogP contribution in [-0.4, -0.2) is 16.3 Å². The molecular formula is C13H16FN3. The highest BCUT2D eigenvalue weighted by molar-refractivity contribution is 5.63. The van der Waals surface area contributed by atoms with E-state index in [1.165, 1.54) is 12.1 Å². The zero-order valence-corrected chi connectivity index (χ0v) is 10.1. The predicted octanol–water partition coefficient (Wildman–Crippen LogP) is 2.34. The van der Waals surface area contributed by atoms with E-state index in [2.05, 4.69) is 10.4 Å². The molecule has 0 unspecified atom stereocenters. The second-order valence-corrected chi connectivity index (χ2v) is 3.96. The number of halogens is 1. The minimum absolute atomic E-state index is 0.231. The van der Waals surface area contributed by atoms with E-state index in [1.807, 2.05) is 32.3 Å². The lowest BCUT2D eigenvalue weighted by Gasteiger charge is -2.08. The quantitative estimate of drug-likeness (QED) is 0.878. The topological polar surface area (TPSA) is 29.9 Å². The number of rotatable bonds is 4. The minimum atomic E-state index is -0.231. The first-order valence-corrected chi connectivity index (χ1v) is 5.70. The van der Waals surface area contributed by atoms with Crippen LogP contribution >= 0.6 is 0 Å². The Kier molecular flexibility index (Phi) is 3.54. The molecule has 0 radical (unpaired) electrons. The van der Waals surface area contributed by atoms with Gasteiger partial charge in [0.05, 0.1) is 5.69 Å². The highest BCUT2D eigenvalue weighted by Crippen LogP contribution is 2.23. The largest absolute Gasteiger partial charge is 0.313 e. The second kappa shape index (κ2) is 5.10. The molecule has 0 fully saturated rings. The molecule has 1 N–H and O–H groups in total. The molecule has 1 heterocycles. The van der Waals surface area contributed by atoms with Gasteiger partial charge in [-0.05, 0) is 30.3 Å². The third-order valence-corrected chi connectivity index (χ3v) is 2.63. The highest BCUT2D eigenvalue weighted by Gasteiger charge is 2.08. The Morgan fingerprint density at radius 2 is 2.18 bits per heavy atom. The lowest BCUT2D eigenvalue weighted by Crippen LogP contribution is -2.12. The highest BCUT2D eigenvalue weighted by atomic mass is 19.1. The predicted molar refractivity (Wildman–Crippen MR) is 66.0 cm³/mol. The van der Waals surface area contributed by atoms with Crippen LogP contribution in [0.15, 0.2) is 30.5 Å². The van der Waals surface area contributed by atoms with Crippen LogP contribution in [0.25, 0.3) is 11.3 Å². The second-order valence-electron chi connectivity index (χ2n) is 3.96. The molecule has 0 aliphatic carbocycles. The molecule has 2 rings (SSSR count). The molecule has 3 nitrogen and oxygen atoms in total. The summed E-state index contributed by atoms with van der Waals surface area (Å²) < 4.78 is 15.0. The van der Waals surface area contributed by atoms with Gasteiger partial charge in [0.15, 0.2) is 0 Å². The van der Waals surface area contributed by atoms with Crippen molar-refractivity contribution in [1.29, 1.82) is 0 Å². The van der Waals surface area contributed by atoms with Crippen molar-refractivity contribution in [3.63, 3.8) is 0 Å². The van der Waals surface area contributed by atoms with E-state index in [9.17, 15) is 4.39 Å². The molecule has 0 saturated heterocycles. The van der Waals surface area contributed by atoms with Crippen molar-refractivity contribution >= 4 is 0 Å². The zero-order chi connectivity index (χ0) is 12.3. The Hall–Kier alpha value is -1.68. The number of benzene rings is 1. The van der Waals surface area contributed by atoms with E-state index in [-0.39, 0.29) is 5.82 Å². The number of aromatic nitrogens is 2. The van der Waals surface area contributed by atoms with E-state index >= 15 is 0 Å². The van der Waals surface area contributed by atoms with Gasteiger partial charge in [0.25, 0.3) is 0 Å². The van der Waals surface area contributed by atoms with Crippen LogP contribution in [0.1, 0.15) is 12.5 Å². The maximum atomic E-state index is 13.3. The molecule has 0 amide bonds. The first kappa shape index (κ1) is 11.8. The van der Waals surface area contributed by atoms with Crippen LogP contribution in [0.3, 0.4) is 0 Å². The Morgan fingerprint density at radius 3 is 2.82 bits per heavy atom. The Bertz CT molecular complexity index is 505. The summed E-state index contributed by atoms with van der Waals surface area (Å²) in [6.07, 6.45) is 1.86. The van der Waals surface area contributed by atoms with Gasteiger partial charge in [0.2, 0.25) is 0 Å². The van der Waals surface area contributed by atoms with E-state index < -0.39 is 0 Å². The number of hydrogen-bond donors (Lipinski definition) is 1. The van der Waals surface area contributed by atoms with Gasteiger partial charge in [0, 0.05) is 25.4 Å². The number of aryl methyl sites for hydroxylation is 1. The summed E-state index contributed by atoms with van der Waals surface area (Å²) in [6, 6.07) is 6.72. The Balaban J connectivity index is 2.39. The average Bonchev–Trinajstić information content (AvgIpc) is 2.74. The lowest BCUT2D eigenvalue weighted by molar-refractivity contribution is 0.626. The molecule has 0 saturated carbocycles. The zero-order valence-electron chi connectivity index (χ0n) is 10.1. The SMILES string of the molecule is CCNCc1ccc(F)cc1-c1ccn(C)n1. The standard InChI is InChI=1S/C13H16FN3/c1-3-15-9-10-4-5-11(14)8-12(10)13-6-7-17(2)16-13/h4-8,15H,3,9H2,1-2H3. The Labute approximate surface area is 100 Å². The molecular weight excluding hydrogens is 217 g/mol. The third-order valence-electron chi connectivity index (χ3n) is 2.63. The summed E-state index contributed by atoms with van der Waals surface area (Å²) in [4.78, 5) is 0. The lowest BCUT2D eigenvalue weighted by atomic mass is 10.0. The molecule has 2 aromatic rings. The molecule has 0 aliphatic rings. The molecule has 1 aromatic carbocycles. The van der Waals surface area contributed by atoms with Crippen molar-refractivity contribution < 1.29 is 4.39 Å². The van der Waals surface area contributed by atoms with E-state index in [0.717, 1.165) is 29.9 Å². The van der Waals surface area contributed by atoms with Gasteiger partial charge in [-0.25, -0.2) is 4.39 Å². The minimum Gasteiger partial charge on any atom is -0.313 e. The van der Waals surface area contributed by atoms with Crippen LogP contribution in [0.5, 0.6) is 0 Å². The van der Waals surface area contributed by atoms with Gasteiger partial charge in [-0.15, -0.1) is 0 Å². The summed E-state index contributed by atoms with van der Waals surface area (Å²) in [6.45, 7) is 3.66. The molecule has 1 aromatic heterocycles. The number of nitrogens with zero attached hydrogens (tertiary/aromatic N) is 2. The molecule has 0 aliphatic heterocycles. The first-order valence-electron chi connectivity index (χ1n) is 5.70. The van der Waals surface area contributed by atoms with E-state index in [4.69, 9.17) is 0 Å². The Morgan fingerprint density at radius 1 is 1.35 bits per heavy atom. The summed E-state index contributed by atoms with van der Waals surface area (Å²) in [5, 5.41) is 7.56. The van der Waals surface area contributed by atoms with Crippen LogP contribution in [0, 0.1) is 5.82 Å². The van der Waals surface area contributed by atoms with E-state index in [1.54, 1.807) is 4.68 Å². The van der Waals surface area contributed by atoms with Crippen LogP contribution in [0.4, 0.5) is 4.39 Å². The first-order chi connectivity index (χ1) is 8.20. The molecule has 17 heavy (non-hydrogen) atoms. The van der Waals surface area contributed by atoms with Crippen molar-refractivity contribution in [2.75, 3.05) is 6.54 Å². The van der Waals surface area contributed by atoms with Gasteiger partial charge in [-0.1, -0.05) is 13.0 Å². The van der Waals surface area contributed by atoms with Crippen LogP contribution in [0.2, 0.25) is 0 Å². The van der Waals surface area contributed by atoms with Crippen molar-refractivity contribution in [2.24, 2.45) is 7.05 Å². The van der Waals surface area contributed by atoms with Crippen molar-refractivity contribution in [3.05, 3.63) is 41.8 Å². The summed E-state index contributed by atoms with van der Waals surface area (Å²) in [5.41, 5.74) is 2.72. The van der Waals surface area contributed by atoms with E-state index in [0.29, 0.717) is 0 Å². The summed E-state index contributed by atoms with van der Waals surface area (Å²) in [7, 11) is 1.85. The fraction of sp³-hybridized carbons (Fsp3) is 0.308. The molecule has 4 heteroatoms. The average molecular weight is 233 g/mol.